The molecule has 0 bridgehead atoms. The zero-order chi connectivity index (χ0) is 24.2. The fourth-order valence-electron chi connectivity index (χ4n) is 4.29. The Bertz CT molecular complexity index is 1280. The molecule has 0 atom stereocenters. The Morgan fingerprint density at radius 2 is 1.94 bits per heavy atom. The Morgan fingerprint density at radius 3 is 2.65 bits per heavy atom. The lowest BCUT2D eigenvalue weighted by atomic mass is 9.82. The number of hydrogen-bond acceptors (Lipinski definition) is 7. The Morgan fingerprint density at radius 1 is 1.18 bits per heavy atom. The molecule has 0 unspecified atom stereocenters. The summed E-state index contributed by atoms with van der Waals surface area (Å²) in [5, 5.41) is 21.9. The van der Waals surface area contributed by atoms with Gasteiger partial charge in [-0.25, -0.2) is 9.97 Å². The smallest absolute Gasteiger partial charge is 0.306 e. The third-order valence-electron chi connectivity index (χ3n) is 6.29. The van der Waals surface area contributed by atoms with Crippen molar-refractivity contribution in [2.24, 2.45) is 11.8 Å². The van der Waals surface area contributed by atoms with Crippen LogP contribution in [-0.2, 0) is 17.9 Å². The van der Waals surface area contributed by atoms with Crippen molar-refractivity contribution in [3.8, 4) is 11.5 Å². The summed E-state index contributed by atoms with van der Waals surface area (Å²) in [6.07, 6.45) is 5.58. The number of benzene rings is 1. The molecule has 3 N–H and O–H groups in total. The van der Waals surface area contributed by atoms with Gasteiger partial charge in [0.15, 0.2) is 11.5 Å². The molecule has 1 amide bonds. The molecule has 1 aliphatic carbocycles. The molecule has 0 radical (unpaired) electrons. The van der Waals surface area contributed by atoms with Gasteiger partial charge in [-0.3, -0.25) is 19.0 Å². The maximum Gasteiger partial charge on any atom is 0.306 e. The van der Waals surface area contributed by atoms with Crippen LogP contribution in [0.15, 0.2) is 41.6 Å². The van der Waals surface area contributed by atoms with Crippen LogP contribution < -0.4 is 15.6 Å². The number of aromatic hydroxyl groups is 1. The highest BCUT2D eigenvalue weighted by Gasteiger charge is 2.26. The van der Waals surface area contributed by atoms with E-state index in [1.807, 2.05) is 0 Å². The molecule has 2 heterocycles. The normalized spacial score (nSPS) is 17.9. The number of nitrogens with one attached hydrogen (secondary N) is 1. The monoisotopic (exact) mass is 466 g/mol. The minimum Gasteiger partial charge on any atom is -0.504 e. The number of ether oxygens (including phenoxy) is 1. The van der Waals surface area contributed by atoms with Gasteiger partial charge in [-0.05, 0) is 55.4 Å². The first-order chi connectivity index (χ1) is 16.4. The molecule has 0 saturated heterocycles. The van der Waals surface area contributed by atoms with Gasteiger partial charge in [-0.1, -0.05) is 6.07 Å². The zero-order valence-corrected chi connectivity index (χ0v) is 18.7. The van der Waals surface area contributed by atoms with E-state index in [1.165, 1.54) is 36.3 Å². The van der Waals surface area contributed by atoms with Gasteiger partial charge >= 0.3 is 5.97 Å². The number of nitrogens with zero attached hydrogens (tertiary/aromatic N) is 3. The Labute approximate surface area is 195 Å². The number of carboxylic acid groups (broad SMARTS) is 1. The van der Waals surface area contributed by atoms with Crippen molar-refractivity contribution in [1.29, 1.82) is 0 Å². The molecule has 2 aromatic heterocycles. The van der Waals surface area contributed by atoms with Crippen LogP contribution in [0.1, 0.15) is 41.7 Å². The van der Waals surface area contributed by atoms with Gasteiger partial charge in [0, 0.05) is 13.1 Å². The molecule has 4 rings (SSSR count). The van der Waals surface area contributed by atoms with Gasteiger partial charge in [-0.2, -0.15) is 0 Å². The molecule has 1 aromatic carbocycles. The lowest BCUT2D eigenvalue weighted by Gasteiger charge is -2.26. The first kappa shape index (κ1) is 23.2. The summed E-state index contributed by atoms with van der Waals surface area (Å²) >= 11 is 0. The van der Waals surface area contributed by atoms with E-state index in [1.54, 1.807) is 12.1 Å². The van der Waals surface area contributed by atoms with Crippen LogP contribution in [0.25, 0.3) is 10.9 Å². The molecule has 3 aromatic rings. The number of carboxylic acids is 1. The van der Waals surface area contributed by atoms with Crippen LogP contribution in [0.5, 0.6) is 11.5 Å². The maximum absolute atomic E-state index is 13.1. The van der Waals surface area contributed by atoms with Gasteiger partial charge in [0.05, 0.1) is 36.5 Å². The Kier molecular flexibility index (Phi) is 6.76. The van der Waals surface area contributed by atoms with Crippen LogP contribution in [0, 0.1) is 11.8 Å². The fourth-order valence-corrected chi connectivity index (χ4v) is 4.29. The summed E-state index contributed by atoms with van der Waals surface area (Å²) < 4.78 is 6.60. The zero-order valence-electron chi connectivity index (χ0n) is 18.7. The lowest BCUT2D eigenvalue weighted by Crippen LogP contribution is -2.29. The van der Waals surface area contributed by atoms with E-state index in [0.717, 1.165) is 18.4 Å². The molecule has 10 nitrogen and oxygen atoms in total. The SMILES string of the molecule is COc1cc(CNC(=O)c2cc3c(=O)n(CC4CCC(C(=O)O)CC4)cnc3cn2)ccc1O. The highest BCUT2D eigenvalue weighted by atomic mass is 16.5. The number of aromatic nitrogens is 3. The number of carbonyl (C=O) groups is 2. The lowest BCUT2D eigenvalue weighted by molar-refractivity contribution is -0.143. The summed E-state index contributed by atoms with van der Waals surface area (Å²) in [5.74, 6) is -0.996. The molecule has 178 valence electrons. The topological polar surface area (TPSA) is 144 Å². The largest absolute Gasteiger partial charge is 0.504 e. The number of amides is 1. The van der Waals surface area contributed by atoms with Crippen molar-refractivity contribution < 1.29 is 24.5 Å². The number of rotatable bonds is 7. The number of methoxy groups -OCH3 is 1. The molecule has 0 aliphatic heterocycles. The quantitative estimate of drug-likeness (QED) is 0.481. The summed E-state index contributed by atoms with van der Waals surface area (Å²) in [6, 6.07) is 6.21. The minimum absolute atomic E-state index is 0.00693. The molecule has 1 aliphatic rings. The predicted octanol–water partition coefficient (Wildman–Crippen LogP) is 2.33. The van der Waals surface area contributed by atoms with E-state index in [0.29, 0.717) is 36.0 Å². The third-order valence-corrected chi connectivity index (χ3v) is 6.29. The Hall–Kier alpha value is -3.95. The molecule has 1 fully saturated rings. The van der Waals surface area contributed by atoms with Crippen LogP contribution in [0.4, 0.5) is 0 Å². The van der Waals surface area contributed by atoms with Gasteiger partial charge in [0.1, 0.15) is 5.69 Å². The minimum atomic E-state index is -0.758. The molecule has 10 heteroatoms. The van der Waals surface area contributed by atoms with Gasteiger partial charge < -0.3 is 20.3 Å². The summed E-state index contributed by atoms with van der Waals surface area (Å²) in [6.45, 7) is 0.645. The first-order valence-electron chi connectivity index (χ1n) is 11.1. The Balaban J connectivity index is 1.47. The van der Waals surface area contributed by atoms with E-state index >= 15 is 0 Å². The van der Waals surface area contributed by atoms with Crippen molar-refractivity contribution in [1.82, 2.24) is 19.9 Å². The highest BCUT2D eigenvalue weighted by molar-refractivity contribution is 5.95. The second-order valence-electron chi connectivity index (χ2n) is 8.53. The number of hydrogen-bond donors (Lipinski definition) is 3. The number of aliphatic carboxylic acids is 1. The van der Waals surface area contributed by atoms with E-state index in [2.05, 4.69) is 15.3 Å². The number of carbonyl (C=O) groups excluding carboxylic acids is 1. The van der Waals surface area contributed by atoms with E-state index < -0.39 is 11.9 Å². The van der Waals surface area contributed by atoms with Gasteiger partial charge in [0.2, 0.25) is 0 Å². The van der Waals surface area contributed by atoms with Crippen LogP contribution >= 0.6 is 0 Å². The highest BCUT2D eigenvalue weighted by Crippen LogP contribution is 2.30. The van der Waals surface area contributed by atoms with Gasteiger partial charge in [0.25, 0.3) is 11.5 Å². The summed E-state index contributed by atoms with van der Waals surface area (Å²) in [5.41, 5.74) is 0.961. The van der Waals surface area contributed by atoms with Crippen LogP contribution in [0.3, 0.4) is 0 Å². The van der Waals surface area contributed by atoms with Crippen molar-refractivity contribution in [2.75, 3.05) is 7.11 Å². The van der Waals surface area contributed by atoms with Crippen molar-refractivity contribution in [3.05, 3.63) is 58.4 Å². The fraction of sp³-hybridized carbons (Fsp3) is 0.375. The molecular formula is C24H26N4O6. The number of phenolic OH excluding ortho intramolecular Hbond substituents is 1. The average Bonchev–Trinajstić information content (AvgIpc) is 2.85. The van der Waals surface area contributed by atoms with E-state index in [4.69, 9.17) is 9.84 Å². The van der Waals surface area contributed by atoms with Crippen LogP contribution in [0.2, 0.25) is 0 Å². The van der Waals surface area contributed by atoms with E-state index in [-0.39, 0.29) is 35.4 Å². The maximum atomic E-state index is 13.1. The summed E-state index contributed by atoms with van der Waals surface area (Å²) in [4.78, 5) is 45.3. The molecule has 1 saturated carbocycles. The number of phenols is 1. The number of fused-ring (bicyclic) bond motifs is 1. The number of pyridine rings is 1. The second kappa shape index (κ2) is 9.90. The van der Waals surface area contributed by atoms with Crippen molar-refractivity contribution in [2.45, 2.75) is 38.8 Å². The molecule has 34 heavy (non-hydrogen) atoms. The van der Waals surface area contributed by atoms with E-state index in [9.17, 15) is 19.5 Å². The standard InChI is InChI=1S/C24H26N4O6/c1-34-21-8-15(4-7-20(21)29)10-26-22(30)18-9-17-19(11-25-18)27-13-28(23(17)31)12-14-2-5-16(6-3-14)24(32)33/h4,7-9,11,13-14,16,29H,2-3,5-6,10,12H2,1H3,(H,26,30)(H,32,33). The first-order valence-corrected chi connectivity index (χ1v) is 11.1. The molecule has 0 spiro atoms. The third kappa shape index (κ3) is 5.00. The average molecular weight is 466 g/mol. The predicted molar refractivity (Wildman–Crippen MR) is 123 cm³/mol. The van der Waals surface area contributed by atoms with Gasteiger partial charge in [-0.15, -0.1) is 0 Å². The molecular weight excluding hydrogens is 440 g/mol. The van der Waals surface area contributed by atoms with Crippen molar-refractivity contribution >= 4 is 22.8 Å². The second-order valence-corrected chi connectivity index (χ2v) is 8.53. The van der Waals surface area contributed by atoms with Crippen LogP contribution in [-0.4, -0.2) is 43.7 Å². The van der Waals surface area contributed by atoms with Crippen molar-refractivity contribution in [3.63, 3.8) is 0 Å². The summed E-state index contributed by atoms with van der Waals surface area (Å²) in [7, 11) is 1.44.